The molecule has 0 saturated carbocycles. The van der Waals surface area contributed by atoms with E-state index in [9.17, 15) is 9.35 Å². The molecule has 0 aliphatic carbocycles. The van der Waals surface area contributed by atoms with E-state index in [-0.39, 0.29) is 12.1 Å². The standard InChI is InChI=1S/C19H23N4O4S2/c24-18(12-3-7-28-11-12)27-14-9-23(10-14)19-21-15-4-8-29(25)16(15)17(22-19)20-13-1-5-26-6-2-13/h3,7,11,13-14,25H,1-2,4-6,8-10H2,(H,20,21,22)/q+1. The van der Waals surface area contributed by atoms with E-state index >= 15 is 0 Å². The van der Waals surface area contributed by atoms with Gasteiger partial charge in [0.15, 0.2) is 22.7 Å². The number of esters is 1. The van der Waals surface area contributed by atoms with Crippen LogP contribution >= 0.6 is 11.3 Å². The number of hydrogen-bond acceptors (Lipinski definition) is 9. The second-order valence-electron chi connectivity index (χ2n) is 7.44. The summed E-state index contributed by atoms with van der Waals surface area (Å²) in [5, 5.41) is 7.18. The van der Waals surface area contributed by atoms with Crippen molar-refractivity contribution in [1.29, 1.82) is 0 Å². The molecule has 2 saturated heterocycles. The fourth-order valence-corrected chi connectivity index (χ4v) is 5.71. The molecule has 154 valence electrons. The predicted octanol–water partition coefficient (Wildman–Crippen LogP) is 2.18. The van der Waals surface area contributed by atoms with Gasteiger partial charge in [0.2, 0.25) is 5.95 Å². The van der Waals surface area contributed by atoms with Crippen LogP contribution in [0.4, 0.5) is 11.8 Å². The van der Waals surface area contributed by atoms with Gasteiger partial charge >= 0.3 is 5.97 Å². The number of carbonyl (C=O) groups excluding carboxylic acids is 1. The first-order valence-electron chi connectivity index (χ1n) is 9.80. The Morgan fingerprint density at radius 2 is 2.17 bits per heavy atom. The minimum atomic E-state index is -0.807. The Kier molecular flexibility index (Phi) is 5.33. The molecule has 0 bridgehead atoms. The van der Waals surface area contributed by atoms with Crippen LogP contribution in [0.2, 0.25) is 0 Å². The molecule has 2 aromatic rings. The highest BCUT2D eigenvalue weighted by Crippen LogP contribution is 2.34. The zero-order valence-corrected chi connectivity index (χ0v) is 17.5. The SMILES string of the molecule is O=C(OC1CN(c2nc3c(c(NC4CCOCC4)n2)[S+](O)CC3)C1)c1ccsc1. The fourth-order valence-electron chi connectivity index (χ4n) is 3.75. The maximum absolute atomic E-state index is 12.1. The van der Waals surface area contributed by atoms with Crippen LogP contribution in [-0.2, 0) is 27.1 Å². The van der Waals surface area contributed by atoms with Crippen molar-refractivity contribution in [3.63, 3.8) is 0 Å². The molecule has 3 aliphatic heterocycles. The highest BCUT2D eigenvalue weighted by molar-refractivity contribution is 7.92. The summed E-state index contributed by atoms with van der Waals surface area (Å²) in [6, 6.07) is 2.07. The highest BCUT2D eigenvalue weighted by Gasteiger charge is 2.40. The summed E-state index contributed by atoms with van der Waals surface area (Å²) in [5.74, 6) is 1.81. The van der Waals surface area contributed by atoms with Crippen LogP contribution < -0.4 is 10.2 Å². The van der Waals surface area contributed by atoms with Gasteiger partial charge in [-0.15, -0.1) is 0 Å². The van der Waals surface area contributed by atoms with E-state index in [1.807, 2.05) is 10.3 Å². The van der Waals surface area contributed by atoms with Crippen molar-refractivity contribution in [3.05, 3.63) is 28.1 Å². The Balaban J connectivity index is 1.28. The zero-order chi connectivity index (χ0) is 19.8. The number of ether oxygens (including phenoxy) is 2. The molecule has 5 heterocycles. The van der Waals surface area contributed by atoms with Crippen molar-refractivity contribution in [1.82, 2.24) is 9.97 Å². The summed E-state index contributed by atoms with van der Waals surface area (Å²) in [4.78, 5) is 24.4. The molecule has 0 radical (unpaired) electrons. The largest absolute Gasteiger partial charge is 0.455 e. The van der Waals surface area contributed by atoms with Crippen molar-refractivity contribution in [2.45, 2.75) is 36.3 Å². The van der Waals surface area contributed by atoms with Crippen molar-refractivity contribution < 1.29 is 18.8 Å². The number of thiophene rings is 1. The molecule has 0 amide bonds. The topological polar surface area (TPSA) is 96.8 Å². The molecule has 3 aliphatic rings. The van der Waals surface area contributed by atoms with Gasteiger partial charge in [0.25, 0.3) is 4.90 Å². The Labute approximate surface area is 175 Å². The third kappa shape index (κ3) is 3.94. The van der Waals surface area contributed by atoms with Gasteiger partial charge in [-0.2, -0.15) is 20.9 Å². The monoisotopic (exact) mass is 435 g/mol. The van der Waals surface area contributed by atoms with Gasteiger partial charge in [-0.1, -0.05) is 0 Å². The number of nitrogens with one attached hydrogen (secondary N) is 1. The molecular weight excluding hydrogens is 412 g/mol. The summed E-state index contributed by atoms with van der Waals surface area (Å²) in [5.41, 5.74) is 1.52. The minimum absolute atomic E-state index is 0.154. The number of anilines is 2. The smallest absolute Gasteiger partial charge is 0.339 e. The van der Waals surface area contributed by atoms with Gasteiger partial charge in [0.05, 0.1) is 18.7 Å². The molecule has 0 aromatic carbocycles. The Morgan fingerprint density at radius 3 is 2.93 bits per heavy atom. The summed E-state index contributed by atoms with van der Waals surface area (Å²) in [6.45, 7) is 2.64. The van der Waals surface area contributed by atoms with Crippen molar-refractivity contribution in [3.8, 4) is 0 Å². The number of aryl methyl sites for hydroxylation is 1. The van der Waals surface area contributed by atoms with Crippen molar-refractivity contribution >= 4 is 40.2 Å². The zero-order valence-electron chi connectivity index (χ0n) is 15.9. The number of aromatic nitrogens is 2. The molecule has 8 nitrogen and oxygen atoms in total. The summed E-state index contributed by atoms with van der Waals surface area (Å²) in [7, 11) is 0. The minimum Gasteiger partial charge on any atom is -0.455 e. The maximum Gasteiger partial charge on any atom is 0.339 e. The number of rotatable bonds is 5. The Morgan fingerprint density at radius 1 is 1.34 bits per heavy atom. The van der Waals surface area contributed by atoms with Crippen LogP contribution in [0.1, 0.15) is 28.9 Å². The molecule has 29 heavy (non-hydrogen) atoms. The van der Waals surface area contributed by atoms with Crippen LogP contribution in [0, 0.1) is 0 Å². The molecule has 2 fully saturated rings. The number of hydrogen-bond donors (Lipinski definition) is 2. The molecule has 2 N–H and O–H groups in total. The molecule has 0 spiro atoms. The summed E-state index contributed by atoms with van der Waals surface area (Å²) >= 11 is 0.673. The van der Waals surface area contributed by atoms with E-state index < -0.39 is 11.2 Å². The average Bonchev–Trinajstić information content (AvgIpc) is 3.35. The lowest BCUT2D eigenvalue weighted by Gasteiger charge is -2.38. The normalized spacial score (nSPS) is 22.2. The first-order chi connectivity index (χ1) is 14.2. The molecule has 1 atom stereocenters. The van der Waals surface area contributed by atoms with Crippen LogP contribution in [-0.4, -0.2) is 64.7 Å². The lowest BCUT2D eigenvalue weighted by molar-refractivity contribution is 0.0232. The van der Waals surface area contributed by atoms with Crippen LogP contribution in [0.5, 0.6) is 0 Å². The lowest BCUT2D eigenvalue weighted by Crippen LogP contribution is -2.53. The highest BCUT2D eigenvalue weighted by atomic mass is 32.2. The first kappa shape index (κ1) is 19.1. The average molecular weight is 436 g/mol. The van der Waals surface area contributed by atoms with Gasteiger partial charge in [0.1, 0.15) is 11.8 Å². The van der Waals surface area contributed by atoms with E-state index in [4.69, 9.17) is 19.4 Å². The van der Waals surface area contributed by atoms with Gasteiger partial charge in [0, 0.05) is 31.1 Å². The molecule has 5 rings (SSSR count). The van der Waals surface area contributed by atoms with E-state index in [1.54, 1.807) is 11.4 Å². The van der Waals surface area contributed by atoms with Crippen molar-refractivity contribution in [2.75, 3.05) is 42.3 Å². The Hall–Kier alpha value is -1.88. The van der Waals surface area contributed by atoms with Crippen LogP contribution in [0.25, 0.3) is 0 Å². The summed E-state index contributed by atoms with van der Waals surface area (Å²) in [6.07, 6.45) is 2.46. The maximum atomic E-state index is 12.1. The summed E-state index contributed by atoms with van der Waals surface area (Å²) < 4.78 is 21.4. The number of fused-ring (bicyclic) bond motifs is 1. The van der Waals surface area contributed by atoms with E-state index in [2.05, 4.69) is 5.32 Å². The number of carbonyl (C=O) groups is 1. The third-order valence-corrected chi connectivity index (χ3v) is 7.59. The van der Waals surface area contributed by atoms with Crippen LogP contribution in [0.3, 0.4) is 0 Å². The number of nitrogens with zero attached hydrogens (tertiary/aromatic N) is 3. The van der Waals surface area contributed by atoms with Gasteiger partial charge < -0.3 is 19.7 Å². The molecular formula is C19H23N4O4S2+. The van der Waals surface area contributed by atoms with Gasteiger partial charge in [-0.25, -0.2) is 9.78 Å². The van der Waals surface area contributed by atoms with E-state index in [0.29, 0.717) is 36.4 Å². The molecule has 1 unspecified atom stereocenters. The quantitative estimate of drug-likeness (QED) is 0.545. The molecule has 2 aromatic heterocycles. The van der Waals surface area contributed by atoms with Crippen molar-refractivity contribution in [2.24, 2.45) is 0 Å². The van der Waals surface area contributed by atoms with E-state index in [1.165, 1.54) is 11.3 Å². The Bertz CT molecular complexity index is 883. The lowest BCUT2D eigenvalue weighted by atomic mass is 10.1. The van der Waals surface area contributed by atoms with E-state index in [0.717, 1.165) is 48.9 Å². The fraction of sp³-hybridized carbons (Fsp3) is 0.526. The van der Waals surface area contributed by atoms with Crippen LogP contribution in [0.15, 0.2) is 21.7 Å². The predicted molar refractivity (Wildman–Crippen MR) is 112 cm³/mol. The molecule has 10 heteroatoms. The van der Waals surface area contributed by atoms with Gasteiger partial charge in [-0.3, -0.25) is 0 Å². The van der Waals surface area contributed by atoms with Gasteiger partial charge in [-0.05, 0) is 24.3 Å². The first-order valence-corrected chi connectivity index (χ1v) is 12.1. The third-order valence-electron chi connectivity index (χ3n) is 5.42. The second kappa shape index (κ2) is 8.10. The second-order valence-corrected chi connectivity index (χ2v) is 9.77.